The van der Waals surface area contributed by atoms with Gasteiger partial charge in [0.05, 0.1) is 12.7 Å². The molecule has 0 aliphatic carbocycles. The van der Waals surface area contributed by atoms with Gasteiger partial charge in [0.25, 0.3) is 5.56 Å². The van der Waals surface area contributed by atoms with Gasteiger partial charge in [0.1, 0.15) is 11.6 Å². The number of anilines is 1. The highest BCUT2D eigenvalue weighted by Gasteiger charge is 2.13. The molecule has 0 bridgehead atoms. The summed E-state index contributed by atoms with van der Waals surface area (Å²) in [7, 11) is 1.55. The first-order valence-electron chi connectivity index (χ1n) is 5.30. The van der Waals surface area contributed by atoms with Crippen LogP contribution in [0.2, 0.25) is 0 Å². The topological polar surface area (TPSA) is 83.9 Å². The zero-order valence-corrected chi connectivity index (χ0v) is 10.9. The van der Waals surface area contributed by atoms with Crippen LogP contribution in [0.15, 0.2) is 23.0 Å². The average molecular weight is 263 g/mol. The van der Waals surface area contributed by atoms with Gasteiger partial charge in [-0.25, -0.2) is 0 Å². The van der Waals surface area contributed by atoms with Gasteiger partial charge in [-0.15, -0.1) is 0 Å². The predicted octanol–water partition coefficient (Wildman–Crippen LogP) is 2.00. The van der Waals surface area contributed by atoms with Crippen LogP contribution in [0, 0.1) is 11.7 Å². The van der Waals surface area contributed by atoms with Crippen molar-refractivity contribution in [2.75, 3.05) is 12.8 Å². The van der Waals surface area contributed by atoms with Crippen LogP contribution >= 0.6 is 12.2 Å². The van der Waals surface area contributed by atoms with E-state index >= 15 is 0 Å². The minimum absolute atomic E-state index is 0.202. The van der Waals surface area contributed by atoms with Crippen LogP contribution < -0.4 is 16.0 Å². The van der Waals surface area contributed by atoms with Crippen molar-refractivity contribution in [1.29, 1.82) is 0 Å². The van der Waals surface area contributed by atoms with E-state index in [9.17, 15) is 4.79 Å². The molecule has 1 aromatic heterocycles. The van der Waals surface area contributed by atoms with Crippen LogP contribution in [0.4, 0.5) is 5.82 Å². The number of aromatic nitrogens is 2. The molecular formula is C12H13N3O2S. The first-order chi connectivity index (χ1) is 8.52. The summed E-state index contributed by atoms with van der Waals surface area (Å²) in [5.41, 5.74) is 7.48. The summed E-state index contributed by atoms with van der Waals surface area (Å²) >= 11 is 4.86. The number of hydrogen-bond acceptors (Lipinski definition) is 4. The van der Waals surface area contributed by atoms with Crippen LogP contribution in [0.25, 0.3) is 11.1 Å². The van der Waals surface area contributed by atoms with Gasteiger partial charge in [-0.1, -0.05) is 11.6 Å². The van der Waals surface area contributed by atoms with Crippen molar-refractivity contribution in [3.63, 3.8) is 0 Å². The fourth-order valence-electron chi connectivity index (χ4n) is 1.79. The van der Waals surface area contributed by atoms with Crippen molar-refractivity contribution in [3.8, 4) is 16.9 Å². The Morgan fingerprint density at radius 1 is 1.33 bits per heavy atom. The van der Waals surface area contributed by atoms with Crippen molar-refractivity contribution in [3.05, 3.63) is 38.9 Å². The Hall–Kier alpha value is -2.08. The Kier molecular flexibility index (Phi) is 3.20. The fourth-order valence-corrected chi connectivity index (χ4v) is 1.99. The van der Waals surface area contributed by atoms with E-state index in [4.69, 9.17) is 22.7 Å². The van der Waals surface area contributed by atoms with E-state index in [0.29, 0.717) is 16.9 Å². The summed E-state index contributed by atoms with van der Waals surface area (Å²) in [6.45, 7) is 1.93. The number of aromatic amines is 2. The zero-order chi connectivity index (χ0) is 13.3. The molecule has 0 fully saturated rings. The molecule has 0 saturated heterocycles. The lowest BCUT2D eigenvalue weighted by atomic mass is 10.0. The molecule has 0 saturated carbocycles. The summed E-state index contributed by atoms with van der Waals surface area (Å²) in [6.07, 6.45) is 0. The van der Waals surface area contributed by atoms with Crippen LogP contribution in [0.5, 0.6) is 5.75 Å². The fraction of sp³-hybridized carbons (Fsp3) is 0.167. The van der Waals surface area contributed by atoms with Gasteiger partial charge in [0, 0.05) is 5.56 Å². The Morgan fingerprint density at radius 3 is 2.67 bits per heavy atom. The molecule has 2 rings (SSSR count). The molecule has 94 valence electrons. The highest BCUT2D eigenvalue weighted by molar-refractivity contribution is 7.71. The predicted molar refractivity (Wildman–Crippen MR) is 73.4 cm³/mol. The Bertz CT molecular complexity index is 703. The molecular weight excluding hydrogens is 250 g/mol. The first-order valence-corrected chi connectivity index (χ1v) is 5.71. The maximum atomic E-state index is 12.0. The van der Waals surface area contributed by atoms with E-state index in [1.54, 1.807) is 13.2 Å². The van der Waals surface area contributed by atoms with E-state index in [1.165, 1.54) is 0 Å². The van der Waals surface area contributed by atoms with Gasteiger partial charge < -0.3 is 15.5 Å². The quantitative estimate of drug-likeness (QED) is 0.723. The minimum atomic E-state index is -0.333. The van der Waals surface area contributed by atoms with Gasteiger partial charge in [0.2, 0.25) is 0 Å². The number of H-pyrrole nitrogens is 2. The highest BCUT2D eigenvalue weighted by Crippen LogP contribution is 2.30. The van der Waals surface area contributed by atoms with E-state index in [0.717, 1.165) is 5.56 Å². The average Bonchev–Trinajstić information content (AvgIpc) is 2.28. The van der Waals surface area contributed by atoms with Crippen LogP contribution in [-0.4, -0.2) is 17.1 Å². The van der Waals surface area contributed by atoms with Crippen LogP contribution in [-0.2, 0) is 0 Å². The van der Waals surface area contributed by atoms with Crippen LogP contribution in [0.3, 0.4) is 0 Å². The summed E-state index contributed by atoms with van der Waals surface area (Å²) < 4.78 is 5.45. The molecule has 1 heterocycles. The number of aryl methyl sites for hydroxylation is 1. The SMILES string of the molecule is COc1ccc(C)cc1-c1c(N)[nH]c(=S)[nH]c1=O. The van der Waals surface area contributed by atoms with Gasteiger partial charge >= 0.3 is 0 Å². The van der Waals surface area contributed by atoms with Crippen molar-refractivity contribution in [2.45, 2.75) is 6.92 Å². The molecule has 6 heteroatoms. The van der Waals surface area contributed by atoms with E-state index in [2.05, 4.69) is 9.97 Å². The number of rotatable bonds is 2. The molecule has 0 amide bonds. The van der Waals surface area contributed by atoms with Crippen LogP contribution in [0.1, 0.15) is 5.56 Å². The monoisotopic (exact) mass is 263 g/mol. The molecule has 0 radical (unpaired) electrons. The molecule has 0 unspecified atom stereocenters. The normalized spacial score (nSPS) is 10.3. The Balaban J connectivity index is 2.80. The number of nitrogen functional groups attached to an aromatic ring is 1. The second-order valence-corrected chi connectivity index (χ2v) is 4.31. The standard InChI is InChI=1S/C12H13N3O2S/c1-6-3-4-8(17-2)7(5-6)9-10(13)14-12(18)15-11(9)16/h3-5H,1-2H3,(H4,13,14,15,16,18). The number of ether oxygens (including phenoxy) is 1. The molecule has 4 N–H and O–H groups in total. The van der Waals surface area contributed by atoms with E-state index in [-0.39, 0.29) is 16.1 Å². The number of methoxy groups -OCH3 is 1. The highest BCUT2D eigenvalue weighted by atomic mass is 32.1. The summed E-state index contributed by atoms with van der Waals surface area (Å²) in [6, 6.07) is 5.54. The van der Waals surface area contributed by atoms with Crippen molar-refractivity contribution < 1.29 is 4.74 Å². The molecule has 0 atom stereocenters. The van der Waals surface area contributed by atoms with Gasteiger partial charge in [-0.3, -0.25) is 9.78 Å². The second kappa shape index (κ2) is 4.66. The second-order valence-electron chi connectivity index (χ2n) is 3.90. The largest absolute Gasteiger partial charge is 0.496 e. The molecule has 2 aromatic rings. The molecule has 1 aromatic carbocycles. The molecule has 0 spiro atoms. The smallest absolute Gasteiger partial charge is 0.261 e. The minimum Gasteiger partial charge on any atom is -0.496 e. The van der Waals surface area contributed by atoms with E-state index < -0.39 is 0 Å². The third-order valence-corrected chi connectivity index (χ3v) is 2.80. The lowest BCUT2D eigenvalue weighted by Crippen LogP contribution is -2.14. The number of nitrogens with one attached hydrogen (secondary N) is 2. The molecule has 0 aliphatic rings. The third kappa shape index (κ3) is 2.14. The van der Waals surface area contributed by atoms with Gasteiger partial charge in [-0.2, -0.15) is 0 Å². The lowest BCUT2D eigenvalue weighted by Gasteiger charge is -2.10. The van der Waals surface area contributed by atoms with Gasteiger partial charge in [0.15, 0.2) is 4.77 Å². The zero-order valence-electron chi connectivity index (χ0n) is 10.0. The summed E-state index contributed by atoms with van der Waals surface area (Å²) in [4.78, 5) is 17.2. The number of hydrogen-bond donors (Lipinski definition) is 3. The molecule has 18 heavy (non-hydrogen) atoms. The lowest BCUT2D eigenvalue weighted by molar-refractivity contribution is 0.416. The molecule has 0 aliphatic heterocycles. The maximum absolute atomic E-state index is 12.0. The Labute approximate surface area is 109 Å². The Morgan fingerprint density at radius 2 is 2.06 bits per heavy atom. The first kappa shape index (κ1) is 12.4. The summed E-state index contributed by atoms with van der Waals surface area (Å²) in [5, 5.41) is 0. The number of nitrogens with two attached hydrogens (primary N) is 1. The summed E-state index contributed by atoms with van der Waals surface area (Å²) in [5.74, 6) is 0.816. The van der Waals surface area contributed by atoms with Crippen molar-refractivity contribution in [2.24, 2.45) is 0 Å². The van der Waals surface area contributed by atoms with Crippen molar-refractivity contribution >= 4 is 18.0 Å². The molecule has 5 nitrogen and oxygen atoms in total. The van der Waals surface area contributed by atoms with Crippen molar-refractivity contribution in [1.82, 2.24) is 9.97 Å². The van der Waals surface area contributed by atoms with Gasteiger partial charge in [-0.05, 0) is 31.3 Å². The number of benzene rings is 1. The van der Waals surface area contributed by atoms with E-state index in [1.807, 2.05) is 19.1 Å². The third-order valence-electron chi connectivity index (χ3n) is 2.60. The maximum Gasteiger partial charge on any atom is 0.261 e.